The smallest absolute Gasteiger partial charge is 0.251 e. The molecule has 3 aromatic rings. The molecule has 0 aliphatic heterocycles. The lowest BCUT2D eigenvalue weighted by atomic mass is 10.0. The second-order valence-electron chi connectivity index (χ2n) is 4.77. The SMILES string of the molecule is CNC(=O)c1ccc2c(Cl)cnc(-c3ccccc3F)c2c1. The van der Waals surface area contributed by atoms with Crippen molar-refractivity contribution in [3.63, 3.8) is 0 Å². The van der Waals surface area contributed by atoms with Gasteiger partial charge in [-0.15, -0.1) is 0 Å². The predicted molar refractivity (Wildman–Crippen MR) is 85.5 cm³/mol. The number of hydrogen-bond acceptors (Lipinski definition) is 2. The van der Waals surface area contributed by atoms with Gasteiger partial charge in [-0.25, -0.2) is 4.39 Å². The summed E-state index contributed by atoms with van der Waals surface area (Å²) in [5.74, 6) is -0.592. The Kier molecular flexibility index (Phi) is 3.77. The van der Waals surface area contributed by atoms with E-state index >= 15 is 0 Å². The number of pyridine rings is 1. The summed E-state index contributed by atoms with van der Waals surface area (Å²) in [5.41, 5.74) is 1.30. The molecule has 0 fully saturated rings. The monoisotopic (exact) mass is 314 g/mol. The molecule has 0 atom stereocenters. The molecule has 1 amide bonds. The van der Waals surface area contributed by atoms with Crippen molar-refractivity contribution in [3.05, 3.63) is 65.1 Å². The maximum atomic E-state index is 14.1. The summed E-state index contributed by atoms with van der Waals surface area (Å²) in [6, 6.07) is 11.5. The first-order valence-corrected chi connectivity index (χ1v) is 7.05. The normalized spacial score (nSPS) is 10.7. The molecule has 110 valence electrons. The van der Waals surface area contributed by atoms with Crippen LogP contribution in [-0.2, 0) is 0 Å². The fourth-order valence-electron chi connectivity index (χ4n) is 2.36. The number of hydrogen-bond donors (Lipinski definition) is 1. The molecule has 0 aliphatic carbocycles. The molecular weight excluding hydrogens is 303 g/mol. The number of amides is 1. The van der Waals surface area contributed by atoms with Crippen molar-refractivity contribution in [3.8, 4) is 11.3 Å². The standard InChI is InChI=1S/C17H12ClFN2O/c1-20-17(22)10-6-7-11-13(8-10)16(21-9-14(11)18)12-4-2-3-5-15(12)19/h2-9H,1H3,(H,20,22). The first-order chi connectivity index (χ1) is 10.6. The van der Waals surface area contributed by atoms with Crippen molar-refractivity contribution >= 4 is 28.3 Å². The van der Waals surface area contributed by atoms with Gasteiger partial charge in [0.05, 0.1) is 10.7 Å². The number of carbonyl (C=O) groups excluding carboxylic acids is 1. The molecule has 3 nitrogen and oxygen atoms in total. The summed E-state index contributed by atoms with van der Waals surface area (Å²) in [6.45, 7) is 0. The molecule has 0 unspecified atom stereocenters. The van der Waals surface area contributed by atoms with Crippen LogP contribution in [0.2, 0.25) is 5.02 Å². The van der Waals surface area contributed by atoms with Crippen LogP contribution in [0.3, 0.4) is 0 Å². The first-order valence-electron chi connectivity index (χ1n) is 6.67. The lowest BCUT2D eigenvalue weighted by Crippen LogP contribution is -2.17. The zero-order valence-electron chi connectivity index (χ0n) is 11.7. The van der Waals surface area contributed by atoms with Gasteiger partial charge in [0.15, 0.2) is 0 Å². The van der Waals surface area contributed by atoms with Gasteiger partial charge in [0.2, 0.25) is 0 Å². The van der Waals surface area contributed by atoms with Crippen LogP contribution in [0.1, 0.15) is 10.4 Å². The average molecular weight is 315 g/mol. The molecule has 0 radical (unpaired) electrons. The second-order valence-corrected chi connectivity index (χ2v) is 5.18. The van der Waals surface area contributed by atoms with Gasteiger partial charge in [0.25, 0.3) is 5.91 Å². The number of carbonyl (C=O) groups is 1. The molecule has 0 saturated heterocycles. The van der Waals surface area contributed by atoms with Crippen molar-refractivity contribution in [2.75, 3.05) is 7.05 Å². The highest BCUT2D eigenvalue weighted by Crippen LogP contribution is 2.32. The van der Waals surface area contributed by atoms with Crippen molar-refractivity contribution < 1.29 is 9.18 Å². The van der Waals surface area contributed by atoms with Crippen molar-refractivity contribution in [2.24, 2.45) is 0 Å². The van der Waals surface area contributed by atoms with Crippen LogP contribution in [0.5, 0.6) is 0 Å². The minimum absolute atomic E-state index is 0.221. The highest BCUT2D eigenvalue weighted by atomic mass is 35.5. The fraction of sp³-hybridized carbons (Fsp3) is 0.0588. The van der Waals surface area contributed by atoms with Gasteiger partial charge in [-0.1, -0.05) is 29.8 Å². The highest BCUT2D eigenvalue weighted by Gasteiger charge is 2.14. The van der Waals surface area contributed by atoms with Crippen LogP contribution in [0.25, 0.3) is 22.0 Å². The fourth-order valence-corrected chi connectivity index (χ4v) is 2.58. The predicted octanol–water partition coefficient (Wildman–Crippen LogP) is 4.05. The zero-order valence-corrected chi connectivity index (χ0v) is 12.5. The molecule has 1 N–H and O–H groups in total. The molecule has 0 bridgehead atoms. The zero-order chi connectivity index (χ0) is 15.7. The number of nitrogens with zero attached hydrogens (tertiary/aromatic N) is 1. The highest BCUT2D eigenvalue weighted by molar-refractivity contribution is 6.35. The third-order valence-corrected chi connectivity index (χ3v) is 3.76. The van der Waals surface area contributed by atoms with Gasteiger partial charge in [0, 0.05) is 35.1 Å². The number of halogens is 2. The van der Waals surface area contributed by atoms with Crippen molar-refractivity contribution in [1.82, 2.24) is 10.3 Å². The topological polar surface area (TPSA) is 42.0 Å². The van der Waals surface area contributed by atoms with Gasteiger partial charge in [-0.2, -0.15) is 0 Å². The average Bonchev–Trinajstić information content (AvgIpc) is 2.55. The maximum absolute atomic E-state index is 14.1. The summed E-state index contributed by atoms with van der Waals surface area (Å²) < 4.78 is 14.1. The third kappa shape index (κ3) is 2.42. The van der Waals surface area contributed by atoms with Gasteiger partial charge >= 0.3 is 0 Å². The van der Waals surface area contributed by atoms with E-state index in [2.05, 4.69) is 10.3 Å². The third-order valence-electron chi connectivity index (χ3n) is 3.46. The molecule has 0 saturated carbocycles. The summed E-state index contributed by atoms with van der Waals surface area (Å²) in [4.78, 5) is 16.1. The van der Waals surface area contributed by atoms with E-state index in [1.54, 1.807) is 43.4 Å². The van der Waals surface area contributed by atoms with Gasteiger partial charge in [-0.3, -0.25) is 9.78 Å². The summed E-state index contributed by atoms with van der Waals surface area (Å²) in [5, 5.41) is 4.38. The molecule has 1 aromatic heterocycles. The molecule has 0 aliphatic rings. The van der Waals surface area contributed by atoms with E-state index in [1.807, 2.05) is 0 Å². The largest absolute Gasteiger partial charge is 0.355 e. The van der Waals surface area contributed by atoms with Gasteiger partial charge in [-0.05, 0) is 24.3 Å². The first kappa shape index (κ1) is 14.5. The Morgan fingerprint density at radius 1 is 1.18 bits per heavy atom. The maximum Gasteiger partial charge on any atom is 0.251 e. The van der Waals surface area contributed by atoms with Gasteiger partial charge in [0.1, 0.15) is 5.82 Å². The van der Waals surface area contributed by atoms with E-state index in [1.165, 1.54) is 12.3 Å². The van der Waals surface area contributed by atoms with Crippen LogP contribution >= 0.6 is 11.6 Å². The molecule has 1 heterocycles. The number of rotatable bonds is 2. The second kappa shape index (κ2) is 5.73. The van der Waals surface area contributed by atoms with Crippen LogP contribution in [0, 0.1) is 5.82 Å². The summed E-state index contributed by atoms with van der Waals surface area (Å²) in [6.07, 6.45) is 1.49. The number of nitrogens with one attached hydrogen (secondary N) is 1. The summed E-state index contributed by atoms with van der Waals surface area (Å²) >= 11 is 6.17. The van der Waals surface area contributed by atoms with Crippen LogP contribution in [0.4, 0.5) is 4.39 Å². The van der Waals surface area contributed by atoms with E-state index < -0.39 is 0 Å². The number of fused-ring (bicyclic) bond motifs is 1. The van der Waals surface area contributed by atoms with Crippen LogP contribution in [-0.4, -0.2) is 17.9 Å². The van der Waals surface area contributed by atoms with E-state index in [9.17, 15) is 9.18 Å². The molecule has 5 heteroatoms. The van der Waals surface area contributed by atoms with Crippen LogP contribution < -0.4 is 5.32 Å². The Bertz CT molecular complexity index is 880. The van der Waals surface area contributed by atoms with Crippen molar-refractivity contribution in [2.45, 2.75) is 0 Å². The van der Waals surface area contributed by atoms with E-state index in [-0.39, 0.29) is 11.7 Å². The lowest BCUT2D eigenvalue weighted by molar-refractivity contribution is 0.0963. The van der Waals surface area contributed by atoms with E-state index in [0.717, 1.165) is 5.39 Å². The molecule has 22 heavy (non-hydrogen) atoms. The quantitative estimate of drug-likeness (QED) is 0.775. The van der Waals surface area contributed by atoms with Gasteiger partial charge < -0.3 is 5.32 Å². The van der Waals surface area contributed by atoms with Crippen LogP contribution in [0.15, 0.2) is 48.7 Å². The Labute approximate surface area is 131 Å². The Morgan fingerprint density at radius 3 is 2.68 bits per heavy atom. The molecule has 0 spiro atoms. The minimum atomic E-state index is -0.371. The van der Waals surface area contributed by atoms with E-state index in [4.69, 9.17) is 11.6 Å². The summed E-state index contributed by atoms with van der Waals surface area (Å²) in [7, 11) is 1.56. The molecule has 3 rings (SSSR count). The lowest BCUT2D eigenvalue weighted by Gasteiger charge is -2.10. The Morgan fingerprint density at radius 2 is 1.95 bits per heavy atom. The van der Waals surface area contributed by atoms with Crippen molar-refractivity contribution in [1.29, 1.82) is 0 Å². The number of aromatic nitrogens is 1. The number of benzene rings is 2. The Hall–Kier alpha value is -2.46. The van der Waals surface area contributed by atoms with E-state index in [0.29, 0.717) is 27.2 Å². The minimum Gasteiger partial charge on any atom is -0.355 e. The molecule has 2 aromatic carbocycles. The molecular formula is C17H12ClFN2O. The Balaban J connectivity index is 2.33.